The number of aliphatic carboxylic acids is 1. The minimum Gasteiger partial charge on any atom is -0.481 e. The molecule has 6 aliphatic rings. The minimum absolute atomic E-state index is 0.0225. The van der Waals surface area contributed by atoms with E-state index in [2.05, 4.69) is 19.9 Å². The highest BCUT2D eigenvalue weighted by atomic mass is 16.7. The van der Waals surface area contributed by atoms with E-state index in [4.69, 9.17) is 14.2 Å². The average Bonchev–Trinajstić information content (AvgIpc) is 3.53. The van der Waals surface area contributed by atoms with Gasteiger partial charge in [-0.1, -0.05) is 45.8 Å². The van der Waals surface area contributed by atoms with Crippen LogP contribution < -0.4 is 0 Å². The van der Waals surface area contributed by atoms with Crippen LogP contribution in [0.25, 0.3) is 0 Å². The van der Waals surface area contributed by atoms with E-state index in [-0.39, 0.29) is 48.4 Å². The van der Waals surface area contributed by atoms with Gasteiger partial charge in [-0.25, -0.2) is 0 Å². The number of carboxylic acids is 1. The highest BCUT2D eigenvalue weighted by Crippen LogP contribution is 2.82. The number of carbonyl (C=O) groups is 2. The molecule has 2 heterocycles. The maximum atomic E-state index is 13.6. The van der Waals surface area contributed by atoms with E-state index >= 15 is 0 Å². The van der Waals surface area contributed by atoms with Gasteiger partial charge in [0.15, 0.2) is 6.29 Å². The van der Waals surface area contributed by atoms with Gasteiger partial charge in [0.25, 0.3) is 0 Å². The molecule has 0 aromatic carbocycles. The van der Waals surface area contributed by atoms with Crippen LogP contribution in [-0.4, -0.2) is 60.3 Å². The van der Waals surface area contributed by atoms with Gasteiger partial charge in [-0.3, -0.25) is 4.79 Å². The van der Waals surface area contributed by atoms with Gasteiger partial charge < -0.3 is 29.2 Å². The third kappa shape index (κ3) is 2.73. The van der Waals surface area contributed by atoms with Crippen LogP contribution in [0.1, 0.15) is 60.3 Å². The summed E-state index contributed by atoms with van der Waals surface area (Å²) >= 11 is 0. The summed E-state index contributed by atoms with van der Waals surface area (Å²) in [5, 5.41) is 22.4. The molecule has 2 N–H and O–H groups in total. The molecule has 0 radical (unpaired) electrons. The van der Waals surface area contributed by atoms with Crippen molar-refractivity contribution < 1.29 is 34.0 Å². The Balaban J connectivity index is 1.40. The Morgan fingerprint density at radius 2 is 1.97 bits per heavy atom. The van der Waals surface area contributed by atoms with Gasteiger partial charge in [-0.2, -0.15) is 0 Å². The van der Waals surface area contributed by atoms with Gasteiger partial charge in [-0.05, 0) is 61.7 Å². The summed E-state index contributed by atoms with van der Waals surface area (Å²) in [6, 6.07) is 0. The Morgan fingerprint density at radius 1 is 1.22 bits per heavy atom. The van der Waals surface area contributed by atoms with Gasteiger partial charge in [-0.15, -0.1) is 0 Å². The molecule has 200 valence electrons. The number of carboxylic acid groups (broad SMARTS) is 1. The first-order valence-electron chi connectivity index (χ1n) is 14.0. The van der Waals surface area contributed by atoms with Gasteiger partial charge >= 0.3 is 5.97 Å². The van der Waals surface area contributed by atoms with Gasteiger partial charge in [0.05, 0.1) is 30.8 Å². The van der Waals surface area contributed by atoms with Gasteiger partial charge in [0.1, 0.15) is 17.8 Å². The lowest BCUT2D eigenvalue weighted by atomic mass is 9.43. The maximum Gasteiger partial charge on any atom is 0.315 e. The second-order valence-electron chi connectivity index (χ2n) is 13.3. The van der Waals surface area contributed by atoms with Gasteiger partial charge in [0, 0.05) is 11.3 Å². The number of hydrogen-bond donors (Lipinski definition) is 2. The van der Waals surface area contributed by atoms with E-state index in [1.165, 1.54) is 0 Å². The monoisotopic (exact) mass is 502 g/mol. The SMILES string of the molecule is CC(C)C1=CC2C[C@@]3(C=O)C4CC[C@@H](C)C4CC2(CO[C@@H]2O[C@H](C)C4OC[C@@H](C)C4[C@@H]2O)C13C(=O)O. The van der Waals surface area contributed by atoms with Crippen molar-refractivity contribution in [2.45, 2.75) is 84.9 Å². The zero-order valence-corrected chi connectivity index (χ0v) is 22.2. The molecule has 5 fully saturated rings. The summed E-state index contributed by atoms with van der Waals surface area (Å²) in [7, 11) is 0. The fraction of sp³-hybridized carbons (Fsp3) is 0.862. The quantitative estimate of drug-likeness (QED) is 0.422. The van der Waals surface area contributed by atoms with Crippen LogP contribution in [0.5, 0.6) is 0 Å². The van der Waals surface area contributed by atoms with Crippen LogP contribution in [0.4, 0.5) is 0 Å². The van der Waals surface area contributed by atoms with Crippen LogP contribution in [0.15, 0.2) is 11.6 Å². The predicted octanol–water partition coefficient (Wildman–Crippen LogP) is 3.68. The molecule has 13 atom stereocenters. The molecule has 0 amide bonds. The molecule has 7 heteroatoms. The summed E-state index contributed by atoms with van der Waals surface area (Å²) in [6.07, 6.45) is 4.43. The fourth-order valence-corrected chi connectivity index (χ4v) is 10.3. The zero-order valence-electron chi connectivity index (χ0n) is 22.2. The number of aliphatic hydroxyl groups excluding tert-OH is 1. The number of fused-ring (bicyclic) bond motifs is 3. The summed E-state index contributed by atoms with van der Waals surface area (Å²) in [4.78, 5) is 26.7. The number of carbonyl (C=O) groups excluding carboxylic acids is 1. The summed E-state index contributed by atoms with van der Waals surface area (Å²) in [5.74, 6) is 0.0776. The number of ether oxygens (including phenoxy) is 3. The zero-order chi connectivity index (χ0) is 25.8. The molecule has 2 saturated heterocycles. The van der Waals surface area contributed by atoms with Crippen LogP contribution in [0.2, 0.25) is 0 Å². The van der Waals surface area contributed by atoms with Gasteiger partial charge in [0.2, 0.25) is 0 Å². The van der Waals surface area contributed by atoms with Crippen molar-refractivity contribution in [2.75, 3.05) is 13.2 Å². The highest BCUT2D eigenvalue weighted by Gasteiger charge is 2.84. The van der Waals surface area contributed by atoms with Crippen LogP contribution >= 0.6 is 0 Å². The van der Waals surface area contributed by atoms with Crippen molar-refractivity contribution >= 4 is 12.3 Å². The Morgan fingerprint density at radius 3 is 2.64 bits per heavy atom. The van der Waals surface area contributed by atoms with Crippen molar-refractivity contribution in [2.24, 2.45) is 57.7 Å². The Labute approximate surface area is 213 Å². The molecule has 3 saturated carbocycles. The lowest BCUT2D eigenvalue weighted by molar-refractivity contribution is -0.289. The molecular formula is C29H42O7. The smallest absolute Gasteiger partial charge is 0.315 e. The largest absolute Gasteiger partial charge is 0.481 e. The first kappa shape index (κ1) is 25.0. The number of aldehydes is 1. The summed E-state index contributed by atoms with van der Waals surface area (Å²) in [5.41, 5.74) is -2.01. The lowest BCUT2D eigenvalue weighted by Gasteiger charge is -2.58. The molecule has 4 bridgehead atoms. The number of rotatable bonds is 6. The van der Waals surface area contributed by atoms with E-state index in [0.29, 0.717) is 24.9 Å². The molecule has 7 nitrogen and oxygen atoms in total. The molecule has 0 spiro atoms. The second-order valence-corrected chi connectivity index (χ2v) is 13.3. The molecular weight excluding hydrogens is 460 g/mol. The molecule has 7 unspecified atom stereocenters. The van der Waals surface area contributed by atoms with E-state index in [0.717, 1.165) is 31.1 Å². The van der Waals surface area contributed by atoms with Crippen LogP contribution in [-0.2, 0) is 23.8 Å². The van der Waals surface area contributed by atoms with E-state index < -0.39 is 34.6 Å². The van der Waals surface area contributed by atoms with E-state index in [1.54, 1.807) is 0 Å². The maximum absolute atomic E-state index is 13.6. The first-order valence-corrected chi connectivity index (χ1v) is 14.0. The highest BCUT2D eigenvalue weighted by molar-refractivity contribution is 5.90. The van der Waals surface area contributed by atoms with E-state index in [1.807, 2.05) is 20.8 Å². The molecule has 36 heavy (non-hydrogen) atoms. The molecule has 4 aliphatic carbocycles. The molecule has 2 aliphatic heterocycles. The summed E-state index contributed by atoms with van der Waals surface area (Å²) in [6.45, 7) is 11.1. The third-order valence-electron chi connectivity index (χ3n) is 11.7. The number of hydrogen-bond acceptors (Lipinski definition) is 6. The normalized spacial score (nSPS) is 54.9. The Kier molecular flexibility index (Phi) is 5.64. The molecule has 0 aromatic heterocycles. The average molecular weight is 503 g/mol. The van der Waals surface area contributed by atoms with E-state index in [9.17, 15) is 19.8 Å². The van der Waals surface area contributed by atoms with Crippen LogP contribution in [0, 0.1) is 57.7 Å². The number of allylic oxidation sites excluding steroid dienone is 1. The second kappa shape index (κ2) is 8.11. The third-order valence-corrected chi connectivity index (χ3v) is 11.7. The van der Waals surface area contributed by atoms with Crippen molar-refractivity contribution in [3.05, 3.63) is 11.6 Å². The summed E-state index contributed by atoms with van der Waals surface area (Å²) < 4.78 is 18.5. The van der Waals surface area contributed by atoms with Crippen molar-refractivity contribution in [1.29, 1.82) is 0 Å². The van der Waals surface area contributed by atoms with Crippen molar-refractivity contribution in [3.63, 3.8) is 0 Å². The Bertz CT molecular complexity index is 977. The molecule has 0 aromatic rings. The van der Waals surface area contributed by atoms with Crippen LogP contribution in [0.3, 0.4) is 0 Å². The minimum atomic E-state index is -1.27. The fourth-order valence-electron chi connectivity index (χ4n) is 10.3. The van der Waals surface area contributed by atoms with Crippen molar-refractivity contribution in [3.8, 4) is 0 Å². The topological polar surface area (TPSA) is 102 Å². The molecule has 6 rings (SSSR count). The first-order chi connectivity index (χ1) is 17.1. The Hall–Kier alpha value is -1.28. The number of aliphatic hydroxyl groups is 1. The standard InChI is InChI=1S/C29H42O7/c1-14(2)21-8-18-9-27(12-30)20-7-6-15(3)19(20)10-28(18,29(21,27)26(32)33)13-35-25-23(31)22-16(4)11-34-24(22)17(5)36-25/h8,12,14-20,22-25,31H,6-7,9-11,13H2,1-5H3,(H,32,33)/t15-,16-,17-,18?,19?,20?,22?,23+,24?,25-,27-,28?,29?/m1/s1. The van der Waals surface area contributed by atoms with Crippen molar-refractivity contribution in [1.82, 2.24) is 0 Å². The lowest BCUT2D eigenvalue weighted by Crippen LogP contribution is -2.64. The predicted molar refractivity (Wildman–Crippen MR) is 131 cm³/mol.